The minimum atomic E-state index is -4.71. The highest BCUT2D eigenvalue weighted by atomic mass is 19.4. The van der Waals surface area contributed by atoms with E-state index < -0.39 is 12.0 Å². The van der Waals surface area contributed by atoms with Gasteiger partial charge in [0.15, 0.2) is 0 Å². The predicted molar refractivity (Wildman–Crippen MR) is 62.4 cm³/mol. The fourth-order valence-corrected chi connectivity index (χ4v) is 2.13. The van der Waals surface area contributed by atoms with Crippen LogP contribution in [0.2, 0.25) is 0 Å². The summed E-state index contributed by atoms with van der Waals surface area (Å²) in [5, 5.41) is 0. The molecule has 19 heavy (non-hydrogen) atoms. The van der Waals surface area contributed by atoms with E-state index in [2.05, 4.69) is 4.74 Å². The number of ether oxygens (including phenoxy) is 1. The molecule has 1 aromatic rings. The van der Waals surface area contributed by atoms with Crippen molar-refractivity contribution in [2.24, 2.45) is 11.7 Å². The van der Waals surface area contributed by atoms with Gasteiger partial charge in [0.25, 0.3) is 0 Å². The topological polar surface area (TPSA) is 35.2 Å². The van der Waals surface area contributed by atoms with Gasteiger partial charge in [0, 0.05) is 13.0 Å². The van der Waals surface area contributed by atoms with Crippen LogP contribution < -0.4 is 10.5 Å². The van der Waals surface area contributed by atoms with Gasteiger partial charge in [-0.15, -0.1) is 13.2 Å². The van der Waals surface area contributed by atoms with Gasteiger partial charge in [0.1, 0.15) is 11.4 Å². The highest BCUT2D eigenvalue weighted by molar-refractivity contribution is 5.28. The normalized spacial score (nSPS) is 19.0. The Bertz CT molecular complexity index is 427. The van der Waals surface area contributed by atoms with Crippen molar-refractivity contribution < 1.29 is 22.3 Å². The molecule has 2 N–H and O–H groups in total. The molecule has 1 aliphatic carbocycles. The van der Waals surface area contributed by atoms with Crippen LogP contribution in [0.5, 0.6) is 5.75 Å². The lowest BCUT2D eigenvalue weighted by Gasteiger charge is -2.23. The van der Waals surface area contributed by atoms with E-state index in [4.69, 9.17) is 5.73 Å². The van der Waals surface area contributed by atoms with Crippen molar-refractivity contribution >= 4 is 0 Å². The Kier molecular flexibility index (Phi) is 3.71. The molecule has 0 aliphatic heterocycles. The van der Waals surface area contributed by atoms with E-state index in [1.54, 1.807) is 0 Å². The lowest BCUT2D eigenvalue weighted by atomic mass is 9.91. The molecule has 0 bridgehead atoms. The smallest absolute Gasteiger partial charge is 0.406 e. The molecule has 2 rings (SSSR count). The van der Waals surface area contributed by atoms with E-state index in [0.717, 1.165) is 12.8 Å². The SMILES string of the molecule is NCC(F)(Cc1ccc(OC(F)(F)F)cc1)C1CC1. The number of hydrogen-bond donors (Lipinski definition) is 1. The zero-order valence-corrected chi connectivity index (χ0v) is 10.2. The summed E-state index contributed by atoms with van der Waals surface area (Å²) in [7, 11) is 0. The first-order valence-corrected chi connectivity index (χ1v) is 6.06. The Labute approximate surface area is 108 Å². The Morgan fingerprint density at radius 3 is 2.11 bits per heavy atom. The van der Waals surface area contributed by atoms with E-state index in [1.807, 2.05) is 0 Å². The van der Waals surface area contributed by atoms with Crippen molar-refractivity contribution in [3.63, 3.8) is 0 Å². The van der Waals surface area contributed by atoms with Gasteiger partial charge in [-0.05, 0) is 36.5 Å². The molecule has 6 heteroatoms. The van der Waals surface area contributed by atoms with E-state index in [0.29, 0.717) is 5.56 Å². The molecule has 0 saturated heterocycles. The number of rotatable bonds is 5. The lowest BCUT2D eigenvalue weighted by molar-refractivity contribution is -0.274. The maximum absolute atomic E-state index is 14.4. The van der Waals surface area contributed by atoms with Crippen molar-refractivity contribution in [3.05, 3.63) is 29.8 Å². The van der Waals surface area contributed by atoms with Crippen molar-refractivity contribution in [1.29, 1.82) is 0 Å². The van der Waals surface area contributed by atoms with Gasteiger partial charge in [-0.3, -0.25) is 0 Å². The van der Waals surface area contributed by atoms with Crippen LogP contribution >= 0.6 is 0 Å². The van der Waals surface area contributed by atoms with Crippen LogP contribution in [0.3, 0.4) is 0 Å². The molecular formula is C13H15F4NO. The van der Waals surface area contributed by atoms with Crippen molar-refractivity contribution in [2.75, 3.05) is 6.54 Å². The standard InChI is InChI=1S/C13H15F4NO/c14-12(8-18,10-3-4-10)7-9-1-5-11(6-2-9)19-13(15,16)17/h1-2,5-6,10H,3-4,7-8,18H2. The van der Waals surface area contributed by atoms with Crippen LogP contribution in [0.4, 0.5) is 17.6 Å². The van der Waals surface area contributed by atoms with Gasteiger partial charge >= 0.3 is 6.36 Å². The van der Waals surface area contributed by atoms with Crippen LogP contribution in [0.1, 0.15) is 18.4 Å². The fourth-order valence-electron chi connectivity index (χ4n) is 2.13. The molecule has 2 nitrogen and oxygen atoms in total. The summed E-state index contributed by atoms with van der Waals surface area (Å²) in [6.45, 7) is -0.0710. The first-order chi connectivity index (χ1) is 8.82. The van der Waals surface area contributed by atoms with Crippen molar-refractivity contribution in [3.8, 4) is 5.75 Å². The Hall–Kier alpha value is -1.30. The Morgan fingerprint density at radius 2 is 1.68 bits per heavy atom. The molecule has 106 valence electrons. The third-order valence-corrected chi connectivity index (χ3v) is 3.30. The molecule has 0 amide bonds. The van der Waals surface area contributed by atoms with Gasteiger partial charge in [-0.25, -0.2) is 4.39 Å². The number of nitrogens with two attached hydrogens (primary N) is 1. The monoisotopic (exact) mass is 277 g/mol. The zero-order chi connectivity index (χ0) is 14.1. The number of benzene rings is 1. The molecule has 0 aromatic heterocycles. The Morgan fingerprint density at radius 1 is 1.11 bits per heavy atom. The minimum absolute atomic E-state index is 0.0244. The predicted octanol–water partition coefficient (Wildman–Crippen LogP) is 3.20. The van der Waals surface area contributed by atoms with E-state index in [9.17, 15) is 17.6 Å². The molecule has 0 heterocycles. The van der Waals surface area contributed by atoms with Gasteiger partial charge < -0.3 is 10.5 Å². The van der Waals surface area contributed by atoms with Gasteiger partial charge in [-0.1, -0.05) is 12.1 Å². The summed E-state index contributed by atoms with van der Waals surface area (Å²) in [4.78, 5) is 0. The average Bonchev–Trinajstić information content (AvgIpc) is 3.14. The summed E-state index contributed by atoms with van der Waals surface area (Å²) in [6.07, 6.45) is -2.94. The van der Waals surface area contributed by atoms with E-state index in [1.165, 1.54) is 24.3 Å². The van der Waals surface area contributed by atoms with Crippen molar-refractivity contribution in [2.45, 2.75) is 31.3 Å². The van der Waals surface area contributed by atoms with E-state index in [-0.39, 0.29) is 24.6 Å². The molecule has 1 fully saturated rings. The molecule has 1 saturated carbocycles. The molecule has 0 radical (unpaired) electrons. The summed E-state index contributed by atoms with van der Waals surface area (Å²) < 4.78 is 54.1. The molecule has 0 spiro atoms. The van der Waals surface area contributed by atoms with Crippen LogP contribution in [0.25, 0.3) is 0 Å². The van der Waals surface area contributed by atoms with Crippen LogP contribution in [-0.2, 0) is 6.42 Å². The summed E-state index contributed by atoms with van der Waals surface area (Å²) in [5.74, 6) is -0.330. The fraction of sp³-hybridized carbons (Fsp3) is 0.538. The van der Waals surface area contributed by atoms with Gasteiger partial charge in [0.05, 0.1) is 0 Å². The van der Waals surface area contributed by atoms with Crippen LogP contribution in [0.15, 0.2) is 24.3 Å². The maximum atomic E-state index is 14.4. The number of hydrogen-bond acceptors (Lipinski definition) is 2. The second-order valence-corrected chi connectivity index (χ2v) is 4.88. The molecule has 1 unspecified atom stereocenters. The largest absolute Gasteiger partial charge is 0.573 e. The number of halogens is 4. The maximum Gasteiger partial charge on any atom is 0.573 e. The molecule has 1 atom stereocenters. The summed E-state index contributed by atoms with van der Waals surface area (Å²) >= 11 is 0. The van der Waals surface area contributed by atoms with Gasteiger partial charge in [-0.2, -0.15) is 0 Å². The molecule has 1 aromatic carbocycles. The summed E-state index contributed by atoms with van der Waals surface area (Å²) in [6, 6.07) is 5.25. The van der Waals surface area contributed by atoms with Crippen LogP contribution in [0, 0.1) is 5.92 Å². The third kappa shape index (κ3) is 3.83. The second kappa shape index (κ2) is 5.00. The zero-order valence-electron chi connectivity index (χ0n) is 10.2. The summed E-state index contributed by atoms with van der Waals surface area (Å²) in [5.41, 5.74) is 4.63. The highest BCUT2D eigenvalue weighted by Crippen LogP contribution is 2.43. The Balaban J connectivity index is 2.02. The third-order valence-electron chi connectivity index (χ3n) is 3.30. The molecular weight excluding hydrogens is 262 g/mol. The first-order valence-electron chi connectivity index (χ1n) is 6.06. The van der Waals surface area contributed by atoms with Gasteiger partial charge in [0.2, 0.25) is 0 Å². The second-order valence-electron chi connectivity index (χ2n) is 4.88. The molecule has 1 aliphatic rings. The highest BCUT2D eigenvalue weighted by Gasteiger charge is 2.44. The minimum Gasteiger partial charge on any atom is -0.406 e. The van der Waals surface area contributed by atoms with Crippen molar-refractivity contribution in [1.82, 2.24) is 0 Å². The number of alkyl halides is 4. The van der Waals surface area contributed by atoms with Crippen LogP contribution in [-0.4, -0.2) is 18.6 Å². The average molecular weight is 277 g/mol. The van der Waals surface area contributed by atoms with E-state index >= 15 is 0 Å². The first kappa shape index (κ1) is 14.1. The lowest BCUT2D eigenvalue weighted by Crippen LogP contribution is -2.37. The quantitative estimate of drug-likeness (QED) is 0.839.